The monoisotopic (exact) mass is 214 g/mol. The van der Waals surface area contributed by atoms with Gasteiger partial charge in [0.2, 0.25) is 0 Å². The summed E-state index contributed by atoms with van der Waals surface area (Å²) >= 11 is 0. The van der Waals surface area contributed by atoms with Crippen LogP contribution in [0.2, 0.25) is 0 Å². The summed E-state index contributed by atoms with van der Waals surface area (Å²) in [4.78, 5) is 2.40. The summed E-state index contributed by atoms with van der Waals surface area (Å²) in [5, 5.41) is 3.38. The maximum atomic E-state index is 5.74. The summed E-state index contributed by atoms with van der Waals surface area (Å²) in [7, 11) is 2.19. The van der Waals surface area contributed by atoms with Crippen LogP contribution in [0.5, 0.6) is 0 Å². The van der Waals surface area contributed by atoms with E-state index in [0.717, 1.165) is 26.2 Å². The molecule has 0 radical (unpaired) electrons. The minimum atomic E-state index is 0.466. The van der Waals surface area contributed by atoms with Gasteiger partial charge in [-0.25, -0.2) is 0 Å². The second kappa shape index (κ2) is 7.20. The highest BCUT2D eigenvalue weighted by molar-refractivity contribution is 4.72. The van der Waals surface area contributed by atoms with Gasteiger partial charge in [-0.1, -0.05) is 6.92 Å². The van der Waals surface area contributed by atoms with Crippen molar-refractivity contribution in [3.63, 3.8) is 0 Å². The van der Waals surface area contributed by atoms with Gasteiger partial charge in [0.25, 0.3) is 0 Å². The molecule has 1 rings (SSSR count). The molecule has 1 aliphatic heterocycles. The first-order chi connectivity index (χ1) is 7.24. The van der Waals surface area contributed by atoms with Crippen LogP contribution in [0, 0.1) is 0 Å². The van der Waals surface area contributed by atoms with E-state index in [1.54, 1.807) is 0 Å². The Kier molecular flexibility index (Phi) is 6.22. The molecule has 0 spiro atoms. The molecular formula is C12H26N2O. The van der Waals surface area contributed by atoms with Crippen LogP contribution in [0.15, 0.2) is 0 Å². The predicted molar refractivity (Wildman–Crippen MR) is 64.2 cm³/mol. The molecule has 3 nitrogen and oxygen atoms in total. The van der Waals surface area contributed by atoms with Crippen LogP contribution in [-0.2, 0) is 4.74 Å². The van der Waals surface area contributed by atoms with Crippen molar-refractivity contribution in [3.8, 4) is 0 Å². The van der Waals surface area contributed by atoms with Crippen molar-refractivity contribution in [2.75, 3.05) is 33.3 Å². The quantitative estimate of drug-likeness (QED) is 0.725. The molecule has 0 aromatic rings. The summed E-state index contributed by atoms with van der Waals surface area (Å²) in [5.41, 5.74) is 0. The minimum Gasteiger partial charge on any atom is -0.377 e. The predicted octanol–water partition coefficient (Wildman–Crippen LogP) is 1.49. The molecule has 0 amide bonds. The number of hydrogen-bond acceptors (Lipinski definition) is 3. The molecule has 1 saturated heterocycles. The molecule has 0 bridgehead atoms. The Labute approximate surface area is 94.2 Å². The van der Waals surface area contributed by atoms with Gasteiger partial charge in [-0.3, -0.25) is 4.90 Å². The van der Waals surface area contributed by atoms with Crippen LogP contribution in [0.4, 0.5) is 0 Å². The van der Waals surface area contributed by atoms with E-state index in [1.165, 1.54) is 19.3 Å². The summed E-state index contributed by atoms with van der Waals surface area (Å²) in [6, 6.07) is 0.593. The first-order valence-corrected chi connectivity index (χ1v) is 6.26. The number of hydrogen-bond donors (Lipinski definition) is 1. The van der Waals surface area contributed by atoms with E-state index in [9.17, 15) is 0 Å². The maximum absolute atomic E-state index is 5.74. The fourth-order valence-electron chi connectivity index (χ4n) is 1.96. The Morgan fingerprint density at radius 2 is 2.27 bits per heavy atom. The van der Waals surface area contributed by atoms with E-state index >= 15 is 0 Å². The zero-order valence-corrected chi connectivity index (χ0v) is 10.5. The fourth-order valence-corrected chi connectivity index (χ4v) is 1.96. The van der Waals surface area contributed by atoms with Gasteiger partial charge in [-0.15, -0.1) is 0 Å². The van der Waals surface area contributed by atoms with Gasteiger partial charge in [0.15, 0.2) is 0 Å². The molecule has 1 N–H and O–H groups in total. The summed E-state index contributed by atoms with van der Waals surface area (Å²) in [6.45, 7) is 8.58. The van der Waals surface area contributed by atoms with Crippen molar-refractivity contribution in [1.82, 2.24) is 10.2 Å². The Hall–Kier alpha value is -0.120. The van der Waals surface area contributed by atoms with Crippen molar-refractivity contribution in [2.45, 2.75) is 45.3 Å². The highest BCUT2D eigenvalue weighted by atomic mass is 16.5. The van der Waals surface area contributed by atoms with Crippen molar-refractivity contribution < 1.29 is 4.74 Å². The molecule has 2 unspecified atom stereocenters. The van der Waals surface area contributed by atoms with E-state index in [-0.39, 0.29) is 0 Å². The fraction of sp³-hybridized carbons (Fsp3) is 1.00. The summed E-state index contributed by atoms with van der Waals surface area (Å²) < 4.78 is 5.74. The molecule has 90 valence electrons. The van der Waals surface area contributed by atoms with Crippen molar-refractivity contribution in [3.05, 3.63) is 0 Å². The van der Waals surface area contributed by atoms with Gasteiger partial charge < -0.3 is 10.1 Å². The van der Waals surface area contributed by atoms with E-state index in [2.05, 4.69) is 31.1 Å². The normalized spacial score (nSPS) is 24.4. The Bertz CT molecular complexity index is 158. The molecule has 1 aliphatic rings. The van der Waals surface area contributed by atoms with Gasteiger partial charge in [0.1, 0.15) is 0 Å². The lowest BCUT2D eigenvalue weighted by Crippen LogP contribution is -2.42. The lowest BCUT2D eigenvalue weighted by atomic mass is 10.1. The molecule has 0 saturated carbocycles. The van der Waals surface area contributed by atoms with Gasteiger partial charge in [-0.05, 0) is 39.8 Å². The van der Waals surface area contributed by atoms with Crippen molar-refractivity contribution in [2.24, 2.45) is 0 Å². The van der Waals surface area contributed by atoms with E-state index in [4.69, 9.17) is 4.74 Å². The lowest BCUT2D eigenvalue weighted by Gasteiger charge is -2.31. The van der Waals surface area contributed by atoms with Crippen LogP contribution in [0.3, 0.4) is 0 Å². The SMILES string of the molecule is CCNCC(C)N(C)CC1CCCCO1. The van der Waals surface area contributed by atoms with E-state index in [0.29, 0.717) is 12.1 Å². The van der Waals surface area contributed by atoms with Crippen LogP contribution in [-0.4, -0.2) is 50.3 Å². The first-order valence-electron chi connectivity index (χ1n) is 6.26. The first kappa shape index (κ1) is 12.9. The van der Waals surface area contributed by atoms with Gasteiger partial charge in [-0.2, -0.15) is 0 Å². The minimum absolute atomic E-state index is 0.466. The highest BCUT2D eigenvalue weighted by Crippen LogP contribution is 2.14. The number of nitrogens with one attached hydrogen (secondary N) is 1. The van der Waals surface area contributed by atoms with Crippen LogP contribution in [0.25, 0.3) is 0 Å². The van der Waals surface area contributed by atoms with Crippen molar-refractivity contribution >= 4 is 0 Å². The van der Waals surface area contributed by atoms with Crippen molar-refractivity contribution in [1.29, 1.82) is 0 Å². The maximum Gasteiger partial charge on any atom is 0.0702 e. The number of nitrogens with zero attached hydrogens (tertiary/aromatic N) is 1. The summed E-state index contributed by atoms with van der Waals surface area (Å²) in [6.07, 6.45) is 4.28. The second-order valence-corrected chi connectivity index (χ2v) is 4.58. The molecule has 0 aliphatic carbocycles. The molecule has 0 aromatic heterocycles. The van der Waals surface area contributed by atoms with Crippen LogP contribution in [0.1, 0.15) is 33.1 Å². The molecule has 1 heterocycles. The Morgan fingerprint density at radius 3 is 2.87 bits per heavy atom. The lowest BCUT2D eigenvalue weighted by molar-refractivity contribution is -0.00685. The zero-order valence-electron chi connectivity index (χ0n) is 10.5. The Balaban J connectivity index is 2.17. The van der Waals surface area contributed by atoms with Crippen LogP contribution < -0.4 is 5.32 Å². The smallest absolute Gasteiger partial charge is 0.0702 e. The van der Waals surface area contributed by atoms with Gasteiger partial charge in [0, 0.05) is 25.7 Å². The second-order valence-electron chi connectivity index (χ2n) is 4.58. The molecule has 3 heteroatoms. The largest absolute Gasteiger partial charge is 0.377 e. The standard InChI is InChI=1S/C12H26N2O/c1-4-13-9-11(2)14(3)10-12-7-5-6-8-15-12/h11-13H,4-10H2,1-3H3. The van der Waals surface area contributed by atoms with Gasteiger partial charge in [0.05, 0.1) is 6.10 Å². The molecule has 0 aromatic carbocycles. The third kappa shape index (κ3) is 4.96. The average Bonchev–Trinajstić information content (AvgIpc) is 2.27. The number of ether oxygens (including phenoxy) is 1. The third-order valence-electron chi connectivity index (χ3n) is 3.21. The molecule has 1 fully saturated rings. The molecular weight excluding hydrogens is 188 g/mol. The van der Waals surface area contributed by atoms with Gasteiger partial charge >= 0.3 is 0 Å². The highest BCUT2D eigenvalue weighted by Gasteiger charge is 2.18. The topological polar surface area (TPSA) is 24.5 Å². The zero-order chi connectivity index (χ0) is 11.1. The molecule has 15 heavy (non-hydrogen) atoms. The van der Waals surface area contributed by atoms with Crippen LogP contribution >= 0.6 is 0 Å². The van der Waals surface area contributed by atoms with E-state index < -0.39 is 0 Å². The van der Waals surface area contributed by atoms with E-state index in [1.807, 2.05) is 0 Å². The summed E-state index contributed by atoms with van der Waals surface area (Å²) in [5.74, 6) is 0. The number of likely N-dealkylation sites (N-methyl/N-ethyl adjacent to an activating group) is 2. The molecule has 2 atom stereocenters. The number of rotatable bonds is 6. The average molecular weight is 214 g/mol. The third-order valence-corrected chi connectivity index (χ3v) is 3.21. The Morgan fingerprint density at radius 1 is 1.47 bits per heavy atom.